The molecule has 0 aliphatic carbocycles. The van der Waals surface area contributed by atoms with E-state index in [1.54, 1.807) is 13.3 Å². The van der Waals surface area contributed by atoms with E-state index in [0.717, 1.165) is 35.5 Å². The van der Waals surface area contributed by atoms with Crippen molar-refractivity contribution in [3.8, 4) is 17.0 Å². The van der Waals surface area contributed by atoms with Gasteiger partial charge in [0, 0.05) is 12.5 Å². The predicted octanol–water partition coefficient (Wildman–Crippen LogP) is 3.06. The maximum absolute atomic E-state index is 11.2. The van der Waals surface area contributed by atoms with Crippen molar-refractivity contribution in [2.24, 2.45) is 0 Å². The lowest BCUT2D eigenvalue weighted by Gasteiger charge is -2.10. The van der Waals surface area contributed by atoms with Gasteiger partial charge in [-0.3, -0.25) is 4.79 Å². The van der Waals surface area contributed by atoms with Crippen LogP contribution in [0, 0.1) is 0 Å². The van der Waals surface area contributed by atoms with Crippen LogP contribution in [0.5, 0.6) is 5.75 Å². The van der Waals surface area contributed by atoms with Crippen LogP contribution in [0.1, 0.15) is 26.0 Å². The fourth-order valence-corrected chi connectivity index (χ4v) is 2.01. The number of carbonyl (C=O) groups is 1. The van der Waals surface area contributed by atoms with Crippen LogP contribution in [0.15, 0.2) is 30.5 Å². The first-order chi connectivity index (χ1) is 10.1. The van der Waals surface area contributed by atoms with Crippen LogP contribution in [0.3, 0.4) is 0 Å². The van der Waals surface area contributed by atoms with Crippen LogP contribution in [0.2, 0.25) is 0 Å². The molecule has 1 heterocycles. The van der Waals surface area contributed by atoms with E-state index < -0.39 is 0 Å². The van der Waals surface area contributed by atoms with Gasteiger partial charge in [0.25, 0.3) is 0 Å². The number of hydrogen-bond acceptors (Lipinski definition) is 4. The fourth-order valence-electron chi connectivity index (χ4n) is 2.01. The monoisotopic (exact) mass is 285 g/mol. The number of anilines is 1. The number of nitrogens with one attached hydrogen (secondary N) is 1. The molecule has 5 nitrogen and oxygen atoms in total. The Hall–Kier alpha value is -2.43. The van der Waals surface area contributed by atoms with Gasteiger partial charge in [-0.05, 0) is 30.7 Å². The lowest BCUT2D eigenvalue weighted by atomic mass is 10.1. The SMILES string of the molecule is CCCc1nc(-c2ccc(OC)cc2)cnc1NC(C)=O. The number of methoxy groups -OCH3 is 1. The van der Waals surface area contributed by atoms with Gasteiger partial charge in [-0.1, -0.05) is 13.3 Å². The predicted molar refractivity (Wildman–Crippen MR) is 82.3 cm³/mol. The standard InChI is InChI=1S/C16H19N3O2/c1-4-5-14-16(18-11(2)20)17-10-15(19-14)12-6-8-13(21-3)9-7-12/h6-10H,4-5H2,1-3H3,(H,17,18,20). The van der Waals surface area contributed by atoms with Crippen molar-refractivity contribution < 1.29 is 9.53 Å². The Labute approximate surface area is 124 Å². The molecule has 0 fully saturated rings. The summed E-state index contributed by atoms with van der Waals surface area (Å²) in [5.41, 5.74) is 2.56. The molecule has 0 saturated carbocycles. The summed E-state index contributed by atoms with van der Waals surface area (Å²) in [6, 6.07) is 7.66. The van der Waals surface area contributed by atoms with Crippen molar-refractivity contribution in [1.82, 2.24) is 9.97 Å². The van der Waals surface area contributed by atoms with E-state index in [4.69, 9.17) is 4.74 Å². The van der Waals surface area contributed by atoms with Crippen LogP contribution < -0.4 is 10.1 Å². The Bertz CT molecular complexity index is 624. The van der Waals surface area contributed by atoms with E-state index >= 15 is 0 Å². The molecule has 0 saturated heterocycles. The van der Waals surface area contributed by atoms with Gasteiger partial charge in [-0.2, -0.15) is 0 Å². The van der Waals surface area contributed by atoms with Gasteiger partial charge in [0.15, 0.2) is 5.82 Å². The van der Waals surface area contributed by atoms with Crippen LogP contribution in [0.25, 0.3) is 11.3 Å². The minimum Gasteiger partial charge on any atom is -0.497 e. The third-order valence-electron chi connectivity index (χ3n) is 3.01. The number of nitrogens with zero attached hydrogens (tertiary/aromatic N) is 2. The third-order valence-corrected chi connectivity index (χ3v) is 3.01. The number of ether oxygens (including phenoxy) is 1. The van der Waals surface area contributed by atoms with E-state index in [0.29, 0.717) is 5.82 Å². The number of amides is 1. The summed E-state index contributed by atoms with van der Waals surface area (Å²) in [5, 5.41) is 2.72. The molecule has 0 atom stereocenters. The summed E-state index contributed by atoms with van der Waals surface area (Å²) >= 11 is 0. The van der Waals surface area contributed by atoms with Gasteiger partial charge < -0.3 is 10.1 Å². The molecule has 2 aromatic rings. The topological polar surface area (TPSA) is 64.1 Å². The smallest absolute Gasteiger partial charge is 0.222 e. The van der Waals surface area contributed by atoms with E-state index in [-0.39, 0.29) is 5.91 Å². The molecule has 1 amide bonds. The minimum absolute atomic E-state index is 0.140. The molecule has 110 valence electrons. The lowest BCUT2D eigenvalue weighted by molar-refractivity contribution is -0.114. The highest BCUT2D eigenvalue weighted by Gasteiger charge is 2.09. The van der Waals surface area contributed by atoms with Gasteiger partial charge in [-0.15, -0.1) is 0 Å². The second kappa shape index (κ2) is 6.83. The van der Waals surface area contributed by atoms with Crippen LogP contribution in [0.4, 0.5) is 5.82 Å². The summed E-state index contributed by atoms with van der Waals surface area (Å²) in [6.45, 7) is 3.54. The highest BCUT2D eigenvalue weighted by molar-refractivity contribution is 5.88. The van der Waals surface area contributed by atoms with Gasteiger partial charge in [-0.25, -0.2) is 9.97 Å². The number of aryl methyl sites for hydroxylation is 1. The van der Waals surface area contributed by atoms with Crippen LogP contribution in [-0.2, 0) is 11.2 Å². The van der Waals surface area contributed by atoms with E-state index in [1.807, 2.05) is 24.3 Å². The van der Waals surface area contributed by atoms with E-state index in [9.17, 15) is 4.79 Å². The molecule has 0 bridgehead atoms. The number of aromatic nitrogens is 2. The molecule has 5 heteroatoms. The fraction of sp³-hybridized carbons (Fsp3) is 0.312. The maximum Gasteiger partial charge on any atom is 0.222 e. The highest BCUT2D eigenvalue weighted by Crippen LogP contribution is 2.22. The molecule has 1 aromatic heterocycles. The molecule has 1 N–H and O–H groups in total. The molecule has 0 aliphatic rings. The summed E-state index contributed by atoms with van der Waals surface area (Å²) in [4.78, 5) is 20.2. The molecule has 21 heavy (non-hydrogen) atoms. The second-order valence-electron chi connectivity index (χ2n) is 4.71. The van der Waals surface area contributed by atoms with Crippen molar-refractivity contribution >= 4 is 11.7 Å². The zero-order valence-electron chi connectivity index (χ0n) is 12.5. The maximum atomic E-state index is 11.2. The van der Waals surface area contributed by atoms with Gasteiger partial charge in [0.1, 0.15) is 5.75 Å². The Morgan fingerprint density at radius 1 is 1.29 bits per heavy atom. The largest absolute Gasteiger partial charge is 0.497 e. The first kappa shape index (κ1) is 15.0. The van der Waals surface area contributed by atoms with Crippen molar-refractivity contribution in [2.75, 3.05) is 12.4 Å². The average molecular weight is 285 g/mol. The minimum atomic E-state index is -0.140. The van der Waals surface area contributed by atoms with Gasteiger partial charge in [0.05, 0.1) is 24.7 Å². The molecule has 0 spiro atoms. The second-order valence-corrected chi connectivity index (χ2v) is 4.71. The summed E-state index contributed by atoms with van der Waals surface area (Å²) in [7, 11) is 1.64. The summed E-state index contributed by atoms with van der Waals surface area (Å²) < 4.78 is 5.15. The van der Waals surface area contributed by atoms with Crippen LogP contribution >= 0.6 is 0 Å². The Morgan fingerprint density at radius 2 is 2.00 bits per heavy atom. The molecule has 0 radical (unpaired) electrons. The molecular formula is C16H19N3O2. The number of rotatable bonds is 5. The zero-order valence-corrected chi connectivity index (χ0v) is 12.5. The molecule has 0 aliphatic heterocycles. The Morgan fingerprint density at radius 3 is 2.57 bits per heavy atom. The van der Waals surface area contributed by atoms with Gasteiger partial charge >= 0.3 is 0 Å². The number of carbonyl (C=O) groups excluding carboxylic acids is 1. The van der Waals surface area contributed by atoms with Gasteiger partial charge in [0.2, 0.25) is 5.91 Å². The molecule has 1 aromatic carbocycles. The van der Waals surface area contributed by atoms with Crippen molar-refractivity contribution in [3.63, 3.8) is 0 Å². The summed E-state index contributed by atoms with van der Waals surface area (Å²) in [6.07, 6.45) is 3.38. The normalized spacial score (nSPS) is 10.2. The molecule has 2 rings (SSSR count). The lowest BCUT2D eigenvalue weighted by Crippen LogP contribution is -2.11. The first-order valence-electron chi connectivity index (χ1n) is 6.92. The molecule has 0 unspecified atom stereocenters. The van der Waals surface area contributed by atoms with E-state index in [2.05, 4.69) is 22.2 Å². The highest BCUT2D eigenvalue weighted by atomic mass is 16.5. The van der Waals surface area contributed by atoms with Crippen molar-refractivity contribution in [1.29, 1.82) is 0 Å². The Balaban J connectivity index is 2.35. The average Bonchev–Trinajstić information content (AvgIpc) is 2.49. The Kier molecular flexibility index (Phi) is 4.87. The molecular weight excluding hydrogens is 266 g/mol. The quantitative estimate of drug-likeness (QED) is 0.917. The third kappa shape index (κ3) is 3.78. The summed E-state index contributed by atoms with van der Waals surface area (Å²) in [5.74, 6) is 1.20. The number of benzene rings is 1. The van der Waals surface area contributed by atoms with E-state index in [1.165, 1.54) is 6.92 Å². The first-order valence-corrected chi connectivity index (χ1v) is 6.92. The number of hydrogen-bond donors (Lipinski definition) is 1. The van der Waals surface area contributed by atoms with Crippen molar-refractivity contribution in [2.45, 2.75) is 26.7 Å². The zero-order chi connectivity index (χ0) is 15.2. The van der Waals surface area contributed by atoms with Crippen molar-refractivity contribution in [3.05, 3.63) is 36.2 Å². The van der Waals surface area contributed by atoms with Crippen LogP contribution in [-0.4, -0.2) is 23.0 Å².